The Bertz CT molecular complexity index is 3410. The lowest BCUT2D eigenvalue weighted by Crippen LogP contribution is -2.32. The molecular weight excluding hydrogens is 1210 g/mol. The van der Waals surface area contributed by atoms with E-state index in [0.29, 0.717) is 0 Å². The molecule has 26 heteroatoms. The smallest absolute Gasteiger partial charge is 0.253 e. The Morgan fingerprint density at radius 2 is 0.537 bits per heavy atom. The topological polar surface area (TPSA) is 234 Å². The number of aryl methyl sites for hydroxylation is 22. The van der Waals surface area contributed by atoms with E-state index >= 15 is 0 Å². The second-order valence-electron chi connectivity index (χ2n) is 24.1. The standard InChI is InChI=1S/C9H15N.C8H15N2.3C7H12N2.C6H9NS.5C5H9N3/c1-6-7(2)9(4)10(5)8(6)3;1-6-7(2)10(5)8(3)9(6)4;3*1-5-6(2)8-9(4)7(5)3;1-4-5(2)8-6(3)7-4;2*1-4-6-7-5(2)8(4)3;3*1-4-6-5(2)8(3)7-4/h2*1-5H3;3*1-4H3;6*1-3H3/q;+1;;;;;;;;;. The third-order valence-electron chi connectivity index (χ3n) is 17.8. The monoisotopic (exact) mass is 1330 g/mol. The molecule has 95 heavy (non-hydrogen) atoms. The van der Waals surface area contributed by atoms with Gasteiger partial charge in [-0.15, -0.1) is 31.7 Å². The summed E-state index contributed by atoms with van der Waals surface area (Å²) < 4.78 is 21.5. The molecule has 11 rings (SSSR count). The Kier molecular flexibility index (Phi) is 33.9. The Morgan fingerprint density at radius 1 is 0.263 bits per heavy atom. The number of rotatable bonds is 0. The molecule has 0 aliphatic heterocycles. The molecule has 11 aromatic rings. The highest BCUT2D eigenvalue weighted by atomic mass is 32.1. The van der Waals surface area contributed by atoms with E-state index in [1.54, 1.807) is 25.4 Å². The maximum absolute atomic E-state index is 4.23. The van der Waals surface area contributed by atoms with Crippen molar-refractivity contribution in [1.29, 1.82) is 0 Å². The summed E-state index contributed by atoms with van der Waals surface area (Å²) >= 11 is 1.76. The maximum Gasteiger partial charge on any atom is 0.253 e. The van der Waals surface area contributed by atoms with Crippen LogP contribution in [-0.4, -0.2) is 117 Å². The summed E-state index contributed by atoms with van der Waals surface area (Å²) in [5.41, 5.74) is 20.6. The minimum absolute atomic E-state index is 0.838. The van der Waals surface area contributed by atoms with Gasteiger partial charge in [-0.3, -0.25) is 28.1 Å². The molecule has 0 atom stereocenters. The van der Waals surface area contributed by atoms with Crippen molar-refractivity contribution in [1.82, 2.24) is 117 Å². The van der Waals surface area contributed by atoms with Gasteiger partial charge in [-0.05, 0) is 208 Å². The van der Waals surface area contributed by atoms with Crippen LogP contribution in [0.25, 0.3) is 0 Å². The van der Waals surface area contributed by atoms with Crippen LogP contribution in [0.4, 0.5) is 0 Å². The molecule has 25 nitrogen and oxygen atoms in total. The normalized spacial score (nSPS) is 10.1. The molecule has 0 bridgehead atoms. The molecule has 11 aromatic heterocycles. The lowest BCUT2D eigenvalue weighted by Gasteiger charge is -1.98. The highest BCUT2D eigenvalue weighted by molar-refractivity contribution is 7.11. The van der Waals surface area contributed by atoms with Crippen molar-refractivity contribution in [3.8, 4) is 0 Å². The molecule has 0 radical (unpaired) electrons. The Hall–Kier alpha value is -8.55. The number of thiazole rings is 1. The third kappa shape index (κ3) is 25.3. The van der Waals surface area contributed by atoms with E-state index in [0.717, 1.165) is 75.3 Å². The van der Waals surface area contributed by atoms with Crippen LogP contribution in [-0.2, 0) is 77.5 Å². The number of aromatic nitrogens is 25. The minimum atomic E-state index is 0.838. The molecule has 0 aliphatic rings. The van der Waals surface area contributed by atoms with E-state index in [4.69, 9.17) is 0 Å². The van der Waals surface area contributed by atoms with Crippen molar-refractivity contribution < 1.29 is 4.57 Å². The van der Waals surface area contributed by atoms with Gasteiger partial charge in [0.1, 0.15) is 69.6 Å². The van der Waals surface area contributed by atoms with Gasteiger partial charge in [0, 0.05) is 118 Å². The summed E-state index contributed by atoms with van der Waals surface area (Å²) in [6, 6.07) is 0. The van der Waals surface area contributed by atoms with Crippen molar-refractivity contribution in [2.45, 2.75) is 201 Å². The fourth-order valence-electron chi connectivity index (χ4n) is 8.65. The van der Waals surface area contributed by atoms with Gasteiger partial charge in [-0.2, -0.15) is 30.6 Å². The Labute approximate surface area is 573 Å². The van der Waals surface area contributed by atoms with Crippen LogP contribution in [0.3, 0.4) is 0 Å². The van der Waals surface area contributed by atoms with E-state index in [-0.39, 0.29) is 0 Å². The van der Waals surface area contributed by atoms with Crippen molar-refractivity contribution in [3.05, 3.63) is 164 Å². The van der Waals surface area contributed by atoms with Crippen LogP contribution in [0.1, 0.15) is 164 Å². The maximum atomic E-state index is 4.23. The summed E-state index contributed by atoms with van der Waals surface area (Å²) in [4.78, 5) is 17.8. The van der Waals surface area contributed by atoms with E-state index in [1.807, 2.05) is 183 Å². The molecule has 0 saturated carbocycles. The average molecular weight is 1330 g/mol. The van der Waals surface area contributed by atoms with Crippen molar-refractivity contribution >= 4 is 11.3 Å². The highest BCUT2D eigenvalue weighted by Gasteiger charge is 2.15. The molecule has 0 unspecified atom stereocenters. The predicted molar refractivity (Wildman–Crippen MR) is 386 cm³/mol. The van der Waals surface area contributed by atoms with Crippen molar-refractivity contribution in [2.24, 2.45) is 77.5 Å². The minimum Gasteiger partial charge on any atom is -0.352 e. The molecule has 11 heterocycles. The van der Waals surface area contributed by atoms with Gasteiger partial charge in [-0.25, -0.2) is 29.1 Å². The van der Waals surface area contributed by atoms with Crippen LogP contribution in [0.5, 0.6) is 0 Å². The van der Waals surface area contributed by atoms with Gasteiger partial charge in [0.2, 0.25) is 0 Å². The lowest BCUT2D eigenvalue weighted by molar-refractivity contribution is -0.683. The molecule has 0 fully saturated rings. The SMILES string of the molecule is Cc1c(C)[n+](C)c(C)n1C.Cc1c(C)c(C)n(C)c1C.Cc1nc(C)c(C)s1.Cc1nc(C)n(C)n1.Cc1nc(C)n(C)n1.Cc1nc(C)n(C)n1.Cc1nn(C)c(C)c1C.Cc1nn(C)c(C)c1C.Cc1nn(C)c(C)c1C.Cc1nnc(C)n1C.Cc1nnc(C)n1C. The highest BCUT2D eigenvalue weighted by Crippen LogP contribution is 2.18. The van der Waals surface area contributed by atoms with Crippen LogP contribution in [0.2, 0.25) is 0 Å². The number of hydrogen-bond acceptors (Lipinski definition) is 15. The molecule has 0 aliphatic carbocycles. The molecule has 0 N–H and O–H groups in total. The lowest BCUT2D eigenvalue weighted by atomic mass is 10.2. The second-order valence-corrected chi connectivity index (χ2v) is 25.6. The van der Waals surface area contributed by atoms with Gasteiger partial charge >= 0.3 is 0 Å². The first-order chi connectivity index (χ1) is 43.7. The van der Waals surface area contributed by atoms with Gasteiger partial charge < -0.3 is 13.7 Å². The zero-order valence-electron chi connectivity index (χ0n) is 66.1. The number of nitrogens with zero attached hydrogens (tertiary/aromatic N) is 25. The number of imidazole rings is 1. The van der Waals surface area contributed by atoms with Crippen LogP contribution < -0.4 is 4.57 Å². The molecule has 0 saturated heterocycles. The first kappa shape index (κ1) is 84.5. The largest absolute Gasteiger partial charge is 0.352 e. The van der Waals surface area contributed by atoms with Gasteiger partial charge in [-0.1, -0.05) is 0 Å². The molecule has 526 valence electrons. The van der Waals surface area contributed by atoms with Crippen LogP contribution in [0, 0.1) is 201 Å². The van der Waals surface area contributed by atoms with E-state index in [9.17, 15) is 0 Å². The van der Waals surface area contributed by atoms with Crippen molar-refractivity contribution in [2.75, 3.05) is 0 Å². The third-order valence-corrected chi connectivity index (χ3v) is 18.8. The zero-order valence-corrected chi connectivity index (χ0v) is 66.9. The number of hydrogen-bond donors (Lipinski definition) is 0. The quantitative estimate of drug-likeness (QED) is 0.129. The predicted octanol–water partition coefficient (Wildman–Crippen LogP) is 11.3. The van der Waals surface area contributed by atoms with Gasteiger partial charge in [0.25, 0.3) is 5.82 Å². The van der Waals surface area contributed by atoms with Gasteiger partial charge in [0.05, 0.1) is 41.9 Å². The molecule has 0 aromatic carbocycles. The Morgan fingerprint density at radius 3 is 0.600 bits per heavy atom. The first-order valence-corrected chi connectivity index (χ1v) is 32.6. The first-order valence-electron chi connectivity index (χ1n) is 31.8. The van der Waals surface area contributed by atoms with E-state index < -0.39 is 0 Å². The summed E-state index contributed by atoms with van der Waals surface area (Å²) in [5, 5.41) is 41.2. The summed E-state index contributed by atoms with van der Waals surface area (Å²) in [5.74, 6) is 10.5. The fraction of sp³-hybridized carbons (Fsp3) is 0.580. The molecule has 0 amide bonds. The van der Waals surface area contributed by atoms with Crippen LogP contribution in [0.15, 0.2) is 0 Å². The van der Waals surface area contributed by atoms with E-state index in [1.165, 1.54) is 89.1 Å². The summed E-state index contributed by atoms with van der Waals surface area (Å²) in [6.45, 7) is 59.0. The zero-order chi connectivity index (χ0) is 73.7. The Balaban J connectivity index is 0.000000523. The van der Waals surface area contributed by atoms with Gasteiger partial charge in [0.15, 0.2) is 0 Å². The second kappa shape index (κ2) is 38.1. The van der Waals surface area contributed by atoms with Crippen LogP contribution >= 0.6 is 11.3 Å². The fourth-order valence-corrected chi connectivity index (χ4v) is 9.46. The molecular formula is C69H120N25S+. The summed E-state index contributed by atoms with van der Waals surface area (Å²) in [6.07, 6.45) is 0. The summed E-state index contributed by atoms with van der Waals surface area (Å²) in [7, 11) is 21.8. The molecule has 0 spiro atoms. The van der Waals surface area contributed by atoms with Crippen molar-refractivity contribution in [3.63, 3.8) is 0 Å². The van der Waals surface area contributed by atoms with E-state index in [2.05, 4.69) is 203 Å². The average Bonchev–Trinajstić information content (AvgIpc) is 1.70.